The summed E-state index contributed by atoms with van der Waals surface area (Å²) in [5.74, 6) is -0.348. The Morgan fingerprint density at radius 2 is 1.69 bits per heavy atom. The lowest BCUT2D eigenvalue weighted by molar-refractivity contribution is -0.122. The van der Waals surface area contributed by atoms with E-state index in [4.69, 9.17) is 0 Å². The summed E-state index contributed by atoms with van der Waals surface area (Å²) in [6.07, 6.45) is 2.88. The van der Waals surface area contributed by atoms with E-state index >= 15 is 0 Å². The van der Waals surface area contributed by atoms with Gasteiger partial charge in [0.15, 0.2) is 0 Å². The van der Waals surface area contributed by atoms with E-state index in [1.165, 1.54) is 17.3 Å². The second-order valence-corrected chi connectivity index (χ2v) is 8.85. The standard InChI is InChI=1S/C27H26N2O2S/c1-3-20-13-15-21(16-14-20)17-25-27(31)29(23-11-7-8-12-24(23)32-25)18-26(30)28-19(2)22-9-5-4-6-10-22/h4-17,19H,3,18H2,1-2H3,(H,28,30)/b25-17+/t19-/m1/s1. The molecule has 0 saturated heterocycles. The molecular formula is C27H26N2O2S. The minimum atomic E-state index is -0.192. The second kappa shape index (κ2) is 9.88. The van der Waals surface area contributed by atoms with Gasteiger partial charge < -0.3 is 5.32 Å². The van der Waals surface area contributed by atoms with Crippen molar-refractivity contribution in [1.82, 2.24) is 5.32 Å². The minimum absolute atomic E-state index is 0.0281. The van der Waals surface area contributed by atoms with E-state index in [1.54, 1.807) is 4.90 Å². The van der Waals surface area contributed by atoms with Crippen LogP contribution >= 0.6 is 11.8 Å². The number of carbonyl (C=O) groups excluding carboxylic acids is 2. The molecule has 5 heteroatoms. The Morgan fingerprint density at radius 3 is 2.41 bits per heavy atom. The second-order valence-electron chi connectivity index (χ2n) is 7.76. The topological polar surface area (TPSA) is 49.4 Å². The monoisotopic (exact) mass is 442 g/mol. The average molecular weight is 443 g/mol. The lowest BCUT2D eigenvalue weighted by atomic mass is 10.1. The van der Waals surface area contributed by atoms with Crippen LogP contribution in [0.3, 0.4) is 0 Å². The van der Waals surface area contributed by atoms with Crippen LogP contribution in [-0.2, 0) is 16.0 Å². The zero-order valence-electron chi connectivity index (χ0n) is 18.2. The van der Waals surface area contributed by atoms with Crippen molar-refractivity contribution in [3.05, 3.63) is 100 Å². The van der Waals surface area contributed by atoms with Crippen molar-refractivity contribution in [2.75, 3.05) is 11.4 Å². The van der Waals surface area contributed by atoms with Gasteiger partial charge in [-0.1, -0.05) is 85.4 Å². The number of aryl methyl sites for hydroxylation is 1. The van der Waals surface area contributed by atoms with Crippen molar-refractivity contribution in [2.45, 2.75) is 31.2 Å². The van der Waals surface area contributed by atoms with Crippen LogP contribution in [0.1, 0.15) is 36.6 Å². The predicted octanol–water partition coefficient (Wildman–Crippen LogP) is 5.61. The van der Waals surface area contributed by atoms with Crippen LogP contribution in [-0.4, -0.2) is 18.4 Å². The van der Waals surface area contributed by atoms with Gasteiger partial charge in [0.2, 0.25) is 5.91 Å². The molecule has 0 fully saturated rings. The summed E-state index contributed by atoms with van der Waals surface area (Å²) in [7, 11) is 0. The van der Waals surface area contributed by atoms with Gasteiger partial charge in [0, 0.05) is 4.90 Å². The first-order valence-corrected chi connectivity index (χ1v) is 11.6. The van der Waals surface area contributed by atoms with Gasteiger partial charge in [0.25, 0.3) is 5.91 Å². The molecule has 1 heterocycles. The van der Waals surface area contributed by atoms with Crippen molar-refractivity contribution >= 4 is 35.3 Å². The molecule has 4 nitrogen and oxygen atoms in total. The Labute approximate surface area is 193 Å². The van der Waals surface area contributed by atoms with E-state index in [2.05, 4.69) is 24.4 Å². The lowest BCUT2D eigenvalue weighted by Crippen LogP contribution is -2.43. The molecule has 0 bridgehead atoms. The zero-order chi connectivity index (χ0) is 22.5. The molecule has 1 aliphatic heterocycles. The van der Waals surface area contributed by atoms with Gasteiger partial charge in [0.05, 0.1) is 16.6 Å². The van der Waals surface area contributed by atoms with Crippen molar-refractivity contribution < 1.29 is 9.59 Å². The van der Waals surface area contributed by atoms with E-state index in [0.29, 0.717) is 4.91 Å². The highest BCUT2D eigenvalue weighted by Gasteiger charge is 2.30. The van der Waals surface area contributed by atoms with Crippen LogP contribution in [0.2, 0.25) is 0 Å². The van der Waals surface area contributed by atoms with Gasteiger partial charge in [-0.25, -0.2) is 0 Å². The van der Waals surface area contributed by atoms with Crippen LogP contribution in [0.25, 0.3) is 6.08 Å². The van der Waals surface area contributed by atoms with E-state index in [9.17, 15) is 9.59 Å². The van der Waals surface area contributed by atoms with Crippen LogP contribution in [0.15, 0.2) is 88.7 Å². The minimum Gasteiger partial charge on any atom is -0.348 e. The number of hydrogen-bond donors (Lipinski definition) is 1. The summed E-state index contributed by atoms with van der Waals surface area (Å²) in [6.45, 7) is 4.03. The first-order chi connectivity index (χ1) is 15.5. The number of carbonyl (C=O) groups is 2. The van der Waals surface area contributed by atoms with E-state index < -0.39 is 0 Å². The molecule has 162 valence electrons. The molecule has 4 rings (SSSR count). The molecule has 0 saturated carbocycles. The van der Waals surface area contributed by atoms with Crippen LogP contribution in [0.4, 0.5) is 5.69 Å². The molecular weight excluding hydrogens is 416 g/mol. The molecule has 32 heavy (non-hydrogen) atoms. The van der Waals surface area contributed by atoms with Gasteiger partial charge >= 0.3 is 0 Å². The van der Waals surface area contributed by atoms with Crippen LogP contribution in [0.5, 0.6) is 0 Å². The number of fused-ring (bicyclic) bond motifs is 1. The Bertz CT molecular complexity index is 1140. The largest absolute Gasteiger partial charge is 0.348 e. The Hall–Kier alpha value is -3.31. The van der Waals surface area contributed by atoms with E-state index in [1.807, 2.05) is 79.7 Å². The summed E-state index contributed by atoms with van der Waals surface area (Å²) in [6, 6.07) is 25.6. The smallest absolute Gasteiger partial charge is 0.265 e. The maximum absolute atomic E-state index is 13.4. The highest BCUT2D eigenvalue weighted by atomic mass is 32.2. The summed E-state index contributed by atoms with van der Waals surface area (Å²) < 4.78 is 0. The quantitative estimate of drug-likeness (QED) is 0.505. The zero-order valence-corrected chi connectivity index (χ0v) is 19.1. The van der Waals surface area contributed by atoms with Crippen molar-refractivity contribution in [3.8, 4) is 0 Å². The molecule has 0 aliphatic carbocycles. The number of amides is 2. The first-order valence-electron chi connectivity index (χ1n) is 10.8. The molecule has 1 atom stereocenters. The molecule has 3 aromatic carbocycles. The number of benzene rings is 3. The highest BCUT2D eigenvalue weighted by Crippen LogP contribution is 2.41. The van der Waals surface area contributed by atoms with E-state index in [-0.39, 0.29) is 24.4 Å². The Morgan fingerprint density at radius 1 is 1.00 bits per heavy atom. The number of hydrogen-bond acceptors (Lipinski definition) is 3. The fraction of sp³-hybridized carbons (Fsp3) is 0.185. The van der Waals surface area contributed by atoms with Gasteiger partial charge in [-0.3, -0.25) is 14.5 Å². The highest BCUT2D eigenvalue weighted by molar-refractivity contribution is 8.04. The van der Waals surface area contributed by atoms with Crippen LogP contribution in [0, 0.1) is 0 Å². The first kappa shape index (κ1) is 21.9. The number of para-hydroxylation sites is 1. The third kappa shape index (κ3) is 4.94. The van der Waals surface area contributed by atoms with Gasteiger partial charge in [0.1, 0.15) is 6.54 Å². The van der Waals surface area contributed by atoms with E-state index in [0.717, 1.165) is 28.1 Å². The normalized spacial score (nSPS) is 15.4. The third-order valence-electron chi connectivity index (χ3n) is 5.50. The Kier molecular flexibility index (Phi) is 6.76. The maximum atomic E-state index is 13.4. The molecule has 2 amide bonds. The number of rotatable bonds is 6. The number of thioether (sulfide) groups is 1. The number of nitrogens with zero attached hydrogens (tertiary/aromatic N) is 1. The Balaban J connectivity index is 1.56. The molecule has 0 unspecified atom stereocenters. The lowest BCUT2D eigenvalue weighted by Gasteiger charge is -2.30. The molecule has 1 aliphatic rings. The predicted molar refractivity (Wildman–Crippen MR) is 131 cm³/mol. The molecule has 0 spiro atoms. The number of anilines is 1. The summed E-state index contributed by atoms with van der Waals surface area (Å²) >= 11 is 1.45. The summed E-state index contributed by atoms with van der Waals surface area (Å²) in [4.78, 5) is 29.4. The molecule has 3 aromatic rings. The van der Waals surface area contributed by atoms with Crippen molar-refractivity contribution in [2.24, 2.45) is 0 Å². The van der Waals surface area contributed by atoms with Gasteiger partial charge in [-0.05, 0) is 48.2 Å². The third-order valence-corrected chi connectivity index (χ3v) is 6.57. The van der Waals surface area contributed by atoms with Crippen molar-refractivity contribution in [3.63, 3.8) is 0 Å². The summed E-state index contributed by atoms with van der Waals surface area (Å²) in [5.41, 5.74) is 4.02. The molecule has 0 aromatic heterocycles. The SMILES string of the molecule is CCc1ccc(/C=C2/Sc3ccccc3N(CC(=O)N[C@H](C)c3ccccc3)C2=O)cc1. The van der Waals surface area contributed by atoms with Crippen LogP contribution < -0.4 is 10.2 Å². The molecule has 0 radical (unpaired) electrons. The van der Waals surface area contributed by atoms with Crippen molar-refractivity contribution in [1.29, 1.82) is 0 Å². The number of nitrogens with one attached hydrogen (secondary N) is 1. The fourth-order valence-electron chi connectivity index (χ4n) is 3.68. The average Bonchev–Trinajstić information content (AvgIpc) is 2.82. The maximum Gasteiger partial charge on any atom is 0.265 e. The molecule has 1 N–H and O–H groups in total. The summed E-state index contributed by atoms with van der Waals surface area (Å²) in [5, 5.41) is 3.01. The van der Waals surface area contributed by atoms with Gasteiger partial charge in [-0.15, -0.1) is 0 Å². The fourth-order valence-corrected chi connectivity index (χ4v) is 4.73. The van der Waals surface area contributed by atoms with Gasteiger partial charge in [-0.2, -0.15) is 0 Å².